The van der Waals surface area contributed by atoms with Gasteiger partial charge in [-0.25, -0.2) is 4.79 Å². The van der Waals surface area contributed by atoms with Gasteiger partial charge >= 0.3 is 5.97 Å². The average molecular weight is 201 g/mol. The molecular formula is C9H9ClO3. The first-order chi connectivity index (χ1) is 6.15. The van der Waals surface area contributed by atoms with Crippen molar-refractivity contribution in [1.29, 1.82) is 0 Å². The lowest BCUT2D eigenvalue weighted by molar-refractivity contribution is 0.0695. The maximum absolute atomic E-state index is 10.7. The smallest absolute Gasteiger partial charge is 0.335 e. The molecule has 2 N–H and O–H groups in total. The minimum atomic E-state index is -1.000. The molecule has 0 radical (unpaired) electrons. The number of aromatic carboxylic acids is 1. The molecule has 0 atom stereocenters. The van der Waals surface area contributed by atoms with Gasteiger partial charge in [0.1, 0.15) is 0 Å². The highest BCUT2D eigenvalue weighted by molar-refractivity contribution is 6.30. The number of aliphatic hydroxyl groups is 1. The first-order valence-corrected chi connectivity index (χ1v) is 4.15. The highest BCUT2D eigenvalue weighted by atomic mass is 35.5. The topological polar surface area (TPSA) is 57.5 Å². The Morgan fingerprint density at radius 1 is 1.46 bits per heavy atom. The van der Waals surface area contributed by atoms with Crippen LogP contribution in [-0.4, -0.2) is 22.8 Å². The summed E-state index contributed by atoms with van der Waals surface area (Å²) >= 11 is 5.68. The molecule has 70 valence electrons. The molecule has 0 amide bonds. The van der Waals surface area contributed by atoms with Crippen molar-refractivity contribution in [1.82, 2.24) is 0 Å². The molecule has 0 aromatic heterocycles. The number of hydrogen-bond donors (Lipinski definition) is 2. The van der Waals surface area contributed by atoms with Gasteiger partial charge in [0.05, 0.1) is 5.56 Å². The molecule has 0 aliphatic carbocycles. The van der Waals surface area contributed by atoms with Crippen molar-refractivity contribution in [3.8, 4) is 0 Å². The summed E-state index contributed by atoms with van der Waals surface area (Å²) in [6, 6.07) is 4.52. The van der Waals surface area contributed by atoms with E-state index in [1.165, 1.54) is 12.1 Å². The van der Waals surface area contributed by atoms with Crippen LogP contribution in [0.25, 0.3) is 0 Å². The first-order valence-electron chi connectivity index (χ1n) is 3.77. The minimum absolute atomic E-state index is 0.0827. The summed E-state index contributed by atoms with van der Waals surface area (Å²) in [7, 11) is 0. The van der Waals surface area contributed by atoms with Crippen LogP contribution in [0.4, 0.5) is 0 Å². The second-order valence-electron chi connectivity index (χ2n) is 2.58. The summed E-state index contributed by atoms with van der Waals surface area (Å²) < 4.78 is 0. The summed E-state index contributed by atoms with van der Waals surface area (Å²) in [6.45, 7) is -0.0827. The third kappa shape index (κ3) is 2.44. The van der Waals surface area contributed by atoms with Gasteiger partial charge in [-0.1, -0.05) is 11.6 Å². The molecule has 0 aliphatic rings. The van der Waals surface area contributed by atoms with Crippen molar-refractivity contribution in [3.05, 3.63) is 34.3 Å². The number of carboxylic acids is 1. The molecule has 13 heavy (non-hydrogen) atoms. The number of aliphatic hydroxyl groups excluding tert-OH is 1. The Balaban J connectivity index is 3.10. The predicted octanol–water partition coefficient (Wildman–Crippen LogP) is 1.57. The number of carbonyl (C=O) groups is 1. The summed E-state index contributed by atoms with van der Waals surface area (Å²) in [5.74, 6) is -1.000. The van der Waals surface area contributed by atoms with Gasteiger partial charge in [0.2, 0.25) is 0 Å². The lowest BCUT2D eigenvalue weighted by atomic mass is 10.1. The third-order valence-electron chi connectivity index (χ3n) is 1.68. The van der Waals surface area contributed by atoms with Gasteiger partial charge in [-0.2, -0.15) is 0 Å². The van der Waals surface area contributed by atoms with Gasteiger partial charge in [0.25, 0.3) is 0 Å². The zero-order valence-corrected chi connectivity index (χ0v) is 7.58. The van der Waals surface area contributed by atoms with Gasteiger partial charge in [-0.05, 0) is 30.2 Å². The van der Waals surface area contributed by atoms with E-state index in [-0.39, 0.29) is 12.2 Å². The summed E-state index contributed by atoms with van der Waals surface area (Å²) in [5.41, 5.74) is 0.751. The molecule has 0 heterocycles. The molecule has 0 bridgehead atoms. The zero-order chi connectivity index (χ0) is 9.84. The Labute approximate surface area is 80.6 Å². The van der Waals surface area contributed by atoms with Crippen molar-refractivity contribution in [3.63, 3.8) is 0 Å². The third-order valence-corrected chi connectivity index (χ3v) is 1.91. The van der Waals surface area contributed by atoms with E-state index in [1.54, 1.807) is 6.07 Å². The number of halogens is 1. The quantitative estimate of drug-likeness (QED) is 0.779. The fourth-order valence-electron chi connectivity index (χ4n) is 1.10. The van der Waals surface area contributed by atoms with Crippen LogP contribution in [-0.2, 0) is 6.42 Å². The summed E-state index contributed by atoms with van der Waals surface area (Å²) in [5, 5.41) is 17.9. The predicted molar refractivity (Wildman–Crippen MR) is 49.2 cm³/mol. The first kappa shape index (κ1) is 10.0. The van der Waals surface area contributed by atoms with Crippen LogP contribution in [0.2, 0.25) is 5.02 Å². The molecule has 4 heteroatoms. The molecular weight excluding hydrogens is 192 g/mol. The zero-order valence-electron chi connectivity index (χ0n) is 6.83. The van der Waals surface area contributed by atoms with Crippen LogP contribution in [0.3, 0.4) is 0 Å². The molecule has 1 rings (SSSR count). The standard InChI is InChI=1S/C9H9ClO3/c10-7-1-2-8(9(12)13)6(5-7)3-4-11/h1-2,5,11H,3-4H2,(H,12,13). The van der Waals surface area contributed by atoms with Crippen molar-refractivity contribution >= 4 is 17.6 Å². The van der Waals surface area contributed by atoms with E-state index < -0.39 is 5.97 Å². The van der Waals surface area contributed by atoms with E-state index in [0.29, 0.717) is 17.0 Å². The molecule has 1 aromatic carbocycles. The van der Waals surface area contributed by atoms with Gasteiger partial charge in [-0.3, -0.25) is 0 Å². The van der Waals surface area contributed by atoms with E-state index in [1.807, 2.05) is 0 Å². The van der Waals surface area contributed by atoms with Crippen LogP contribution in [0.1, 0.15) is 15.9 Å². The molecule has 0 saturated heterocycles. The highest BCUT2D eigenvalue weighted by Crippen LogP contribution is 2.16. The van der Waals surface area contributed by atoms with Crippen molar-refractivity contribution in [2.45, 2.75) is 6.42 Å². The molecule has 0 fully saturated rings. The summed E-state index contributed by atoms with van der Waals surface area (Å²) in [4.78, 5) is 10.7. The van der Waals surface area contributed by atoms with Crippen LogP contribution in [0.5, 0.6) is 0 Å². The van der Waals surface area contributed by atoms with E-state index in [0.717, 1.165) is 0 Å². The maximum Gasteiger partial charge on any atom is 0.335 e. The Morgan fingerprint density at radius 2 is 2.15 bits per heavy atom. The lowest BCUT2D eigenvalue weighted by Crippen LogP contribution is -2.03. The maximum atomic E-state index is 10.7. The average Bonchev–Trinajstić information content (AvgIpc) is 2.04. The van der Waals surface area contributed by atoms with Gasteiger partial charge in [-0.15, -0.1) is 0 Å². The fourth-order valence-corrected chi connectivity index (χ4v) is 1.29. The SMILES string of the molecule is O=C(O)c1ccc(Cl)cc1CCO. The van der Waals surface area contributed by atoms with E-state index in [2.05, 4.69) is 0 Å². The van der Waals surface area contributed by atoms with Gasteiger partial charge in [0, 0.05) is 11.6 Å². The molecule has 0 saturated carbocycles. The molecule has 0 spiro atoms. The Hall–Kier alpha value is -1.06. The molecule has 0 aliphatic heterocycles. The summed E-state index contributed by atoms with van der Waals surface area (Å²) in [6.07, 6.45) is 0.308. The van der Waals surface area contributed by atoms with Crippen LogP contribution in [0.15, 0.2) is 18.2 Å². The van der Waals surface area contributed by atoms with Crippen molar-refractivity contribution in [2.75, 3.05) is 6.61 Å². The number of benzene rings is 1. The Bertz CT molecular complexity index is 323. The van der Waals surface area contributed by atoms with Gasteiger partial charge in [0.15, 0.2) is 0 Å². The van der Waals surface area contributed by atoms with Crippen LogP contribution in [0, 0.1) is 0 Å². The Kier molecular flexibility index (Phi) is 3.28. The van der Waals surface area contributed by atoms with Crippen LogP contribution >= 0.6 is 11.6 Å². The van der Waals surface area contributed by atoms with Crippen molar-refractivity contribution in [2.24, 2.45) is 0 Å². The van der Waals surface area contributed by atoms with E-state index in [9.17, 15) is 4.79 Å². The van der Waals surface area contributed by atoms with Crippen LogP contribution < -0.4 is 0 Å². The number of carboxylic acid groups (broad SMARTS) is 1. The monoisotopic (exact) mass is 200 g/mol. The Morgan fingerprint density at radius 3 is 2.69 bits per heavy atom. The normalized spacial score (nSPS) is 10.0. The second kappa shape index (κ2) is 4.25. The van der Waals surface area contributed by atoms with Crippen molar-refractivity contribution < 1.29 is 15.0 Å². The van der Waals surface area contributed by atoms with E-state index >= 15 is 0 Å². The lowest BCUT2D eigenvalue weighted by Gasteiger charge is -2.03. The molecule has 3 nitrogen and oxygen atoms in total. The largest absolute Gasteiger partial charge is 0.478 e. The molecule has 0 unspecified atom stereocenters. The number of hydrogen-bond acceptors (Lipinski definition) is 2. The fraction of sp³-hybridized carbons (Fsp3) is 0.222. The van der Waals surface area contributed by atoms with E-state index in [4.69, 9.17) is 21.8 Å². The highest BCUT2D eigenvalue weighted by Gasteiger charge is 2.09. The number of rotatable bonds is 3. The molecule has 1 aromatic rings. The minimum Gasteiger partial charge on any atom is -0.478 e. The second-order valence-corrected chi connectivity index (χ2v) is 3.02. The van der Waals surface area contributed by atoms with Gasteiger partial charge < -0.3 is 10.2 Å².